The SMILES string of the molecule is CCCNC(c1cc2c(C)ccc(Cl)c2o1)C(C)C. The number of furan rings is 1. The number of fused-ring (bicyclic) bond motifs is 1. The fourth-order valence-corrected chi connectivity index (χ4v) is 2.57. The molecule has 1 atom stereocenters. The minimum absolute atomic E-state index is 0.239. The van der Waals surface area contributed by atoms with Crippen molar-refractivity contribution in [3.8, 4) is 0 Å². The first-order valence-electron chi connectivity index (χ1n) is 6.96. The van der Waals surface area contributed by atoms with E-state index in [4.69, 9.17) is 16.0 Å². The molecule has 0 amide bonds. The van der Waals surface area contributed by atoms with Gasteiger partial charge in [-0.05, 0) is 43.5 Å². The van der Waals surface area contributed by atoms with Gasteiger partial charge in [0.15, 0.2) is 5.58 Å². The number of hydrogen-bond donors (Lipinski definition) is 1. The third-order valence-electron chi connectivity index (χ3n) is 3.46. The van der Waals surface area contributed by atoms with Gasteiger partial charge in [-0.3, -0.25) is 0 Å². The molecule has 1 aromatic carbocycles. The first-order chi connectivity index (χ1) is 9.04. The predicted molar refractivity (Wildman–Crippen MR) is 81.8 cm³/mol. The molecule has 0 aliphatic carbocycles. The molecule has 2 aromatic rings. The van der Waals surface area contributed by atoms with E-state index in [0.29, 0.717) is 10.9 Å². The van der Waals surface area contributed by atoms with Gasteiger partial charge in [0.2, 0.25) is 0 Å². The van der Waals surface area contributed by atoms with Crippen molar-refractivity contribution in [2.24, 2.45) is 5.92 Å². The Morgan fingerprint density at radius 3 is 2.63 bits per heavy atom. The van der Waals surface area contributed by atoms with Crippen LogP contribution >= 0.6 is 11.6 Å². The third-order valence-corrected chi connectivity index (χ3v) is 3.76. The second kappa shape index (κ2) is 5.98. The van der Waals surface area contributed by atoms with Crippen molar-refractivity contribution in [3.05, 3.63) is 34.5 Å². The van der Waals surface area contributed by atoms with E-state index in [1.165, 1.54) is 5.56 Å². The quantitative estimate of drug-likeness (QED) is 0.824. The van der Waals surface area contributed by atoms with Gasteiger partial charge in [0, 0.05) is 5.39 Å². The van der Waals surface area contributed by atoms with Gasteiger partial charge >= 0.3 is 0 Å². The van der Waals surface area contributed by atoms with Crippen LogP contribution in [-0.2, 0) is 0 Å². The Kier molecular flexibility index (Phi) is 4.54. The fourth-order valence-electron chi connectivity index (χ4n) is 2.36. The Labute approximate surface area is 120 Å². The minimum atomic E-state index is 0.239. The third kappa shape index (κ3) is 2.96. The summed E-state index contributed by atoms with van der Waals surface area (Å²) in [5.74, 6) is 1.46. The molecule has 2 rings (SSSR count). The molecule has 1 unspecified atom stereocenters. The van der Waals surface area contributed by atoms with Crippen LogP contribution in [0, 0.1) is 12.8 Å². The summed E-state index contributed by atoms with van der Waals surface area (Å²) in [5, 5.41) is 5.35. The molecule has 3 heteroatoms. The van der Waals surface area contributed by atoms with Crippen LogP contribution in [0.1, 0.15) is 44.6 Å². The summed E-state index contributed by atoms with van der Waals surface area (Å²) in [5.41, 5.74) is 2.01. The van der Waals surface area contributed by atoms with Crippen LogP contribution in [0.4, 0.5) is 0 Å². The van der Waals surface area contributed by atoms with E-state index in [0.717, 1.165) is 29.7 Å². The van der Waals surface area contributed by atoms with Crippen LogP contribution in [0.3, 0.4) is 0 Å². The zero-order valence-corrected chi connectivity index (χ0v) is 12.8. The van der Waals surface area contributed by atoms with Gasteiger partial charge in [-0.15, -0.1) is 0 Å². The highest BCUT2D eigenvalue weighted by Gasteiger charge is 2.20. The van der Waals surface area contributed by atoms with Gasteiger partial charge in [0.25, 0.3) is 0 Å². The maximum atomic E-state index is 6.22. The number of hydrogen-bond acceptors (Lipinski definition) is 2. The van der Waals surface area contributed by atoms with Crippen molar-refractivity contribution in [2.75, 3.05) is 6.54 Å². The van der Waals surface area contributed by atoms with Gasteiger partial charge in [-0.2, -0.15) is 0 Å². The zero-order chi connectivity index (χ0) is 14.0. The zero-order valence-electron chi connectivity index (χ0n) is 12.1. The summed E-state index contributed by atoms with van der Waals surface area (Å²) < 4.78 is 6.01. The predicted octanol–water partition coefficient (Wildman–Crippen LogP) is 5.09. The van der Waals surface area contributed by atoms with E-state index in [1.54, 1.807) is 0 Å². The van der Waals surface area contributed by atoms with Crippen molar-refractivity contribution in [2.45, 2.75) is 40.2 Å². The standard InChI is InChI=1S/C16H22ClNO/c1-5-8-18-15(10(2)3)14-9-12-11(4)6-7-13(17)16(12)19-14/h6-7,9-10,15,18H,5,8H2,1-4H3. The second-order valence-electron chi connectivity index (χ2n) is 5.43. The summed E-state index contributed by atoms with van der Waals surface area (Å²) >= 11 is 6.22. The largest absolute Gasteiger partial charge is 0.458 e. The lowest BCUT2D eigenvalue weighted by Crippen LogP contribution is -2.25. The van der Waals surface area contributed by atoms with Crippen LogP contribution in [0.25, 0.3) is 11.0 Å². The van der Waals surface area contributed by atoms with Crippen LogP contribution < -0.4 is 5.32 Å². The Hall–Kier alpha value is -0.990. The van der Waals surface area contributed by atoms with E-state index in [9.17, 15) is 0 Å². The number of rotatable bonds is 5. The van der Waals surface area contributed by atoms with E-state index < -0.39 is 0 Å². The van der Waals surface area contributed by atoms with Gasteiger partial charge in [0.1, 0.15) is 5.76 Å². The number of benzene rings is 1. The molecule has 1 heterocycles. The smallest absolute Gasteiger partial charge is 0.153 e. The maximum absolute atomic E-state index is 6.22. The Balaban J connectivity index is 2.43. The molecule has 1 aromatic heterocycles. The molecule has 0 saturated carbocycles. The van der Waals surface area contributed by atoms with E-state index in [-0.39, 0.29) is 6.04 Å². The molecule has 0 bridgehead atoms. The molecule has 0 radical (unpaired) electrons. The second-order valence-corrected chi connectivity index (χ2v) is 5.84. The summed E-state index contributed by atoms with van der Waals surface area (Å²) in [6.07, 6.45) is 1.11. The summed E-state index contributed by atoms with van der Waals surface area (Å²) in [6, 6.07) is 6.30. The highest BCUT2D eigenvalue weighted by molar-refractivity contribution is 6.34. The molecule has 19 heavy (non-hydrogen) atoms. The molecular formula is C16H22ClNO. The lowest BCUT2D eigenvalue weighted by Gasteiger charge is -2.19. The summed E-state index contributed by atoms with van der Waals surface area (Å²) in [7, 11) is 0. The van der Waals surface area contributed by atoms with Crippen LogP contribution in [-0.4, -0.2) is 6.54 Å². The molecule has 0 fully saturated rings. The maximum Gasteiger partial charge on any atom is 0.153 e. The number of aryl methyl sites for hydroxylation is 1. The van der Waals surface area contributed by atoms with Gasteiger partial charge in [-0.1, -0.05) is 38.4 Å². The minimum Gasteiger partial charge on any atom is -0.458 e. The van der Waals surface area contributed by atoms with Crippen molar-refractivity contribution >= 4 is 22.6 Å². The highest BCUT2D eigenvalue weighted by atomic mass is 35.5. The van der Waals surface area contributed by atoms with E-state index in [2.05, 4.69) is 39.1 Å². The fraction of sp³-hybridized carbons (Fsp3) is 0.500. The lowest BCUT2D eigenvalue weighted by molar-refractivity contribution is 0.351. The Bertz CT molecular complexity index is 520. The van der Waals surface area contributed by atoms with Crippen LogP contribution in [0.5, 0.6) is 0 Å². The number of halogens is 1. The van der Waals surface area contributed by atoms with Gasteiger partial charge in [-0.25, -0.2) is 0 Å². The molecule has 0 spiro atoms. The monoisotopic (exact) mass is 279 g/mol. The molecular weight excluding hydrogens is 258 g/mol. The summed E-state index contributed by atoms with van der Waals surface area (Å²) in [6.45, 7) is 9.66. The van der Waals surface area contributed by atoms with E-state index in [1.807, 2.05) is 12.1 Å². The Morgan fingerprint density at radius 2 is 2.05 bits per heavy atom. The average Bonchev–Trinajstić information content (AvgIpc) is 2.80. The summed E-state index contributed by atoms with van der Waals surface area (Å²) in [4.78, 5) is 0. The van der Waals surface area contributed by atoms with Crippen molar-refractivity contribution in [1.82, 2.24) is 5.32 Å². The lowest BCUT2D eigenvalue weighted by atomic mass is 10.0. The van der Waals surface area contributed by atoms with Gasteiger partial charge in [0.05, 0.1) is 11.1 Å². The van der Waals surface area contributed by atoms with Crippen molar-refractivity contribution in [1.29, 1.82) is 0 Å². The molecule has 0 aliphatic heterocycles. The van der Waals surface area contributed by atoms with Crippen LogP contribution in [0.15, 0.2) is 22.6 Å². The number of nitrogens with one attached hydrogen (secondary N) is 1. The molecule has 1 N–H and O–H groups in total. The first-order valence-corrected chi connectivity index (χ1v) is 7.34. The van der Waals surface area contributed by atoms with Crippen molar-refractivity contribution in [3.63, 3.8) is 0 Å². The van der Waals surface area contributed by atoms with Gasteiger partial charge < -0.3 is 9.73 Å². The van der Waals surface area contributed by atoms with Crippen LogP contribution in [0.2, 0.25) is 5.02 Å². The molecule has 0 aliphatic rings. The topological polar surface area (TPSA) is 25.2 Å². The van der Waals surface area contributed by atoms with E-state index >= 15 is 0 Å². The average molecular weight is 280 g/mol. The first kappa shape index (κ1) is 14.4. The molecule has 2 nitrogen and oxygen atoms in total. The normalized spacial score (nSPS) is 13.4. The molecule has 0 saturated heterocycles. The molecule has 104 valence electrons. The highest BCUT2D eigenvalue weighted by Crippen LogP contribution is 2.33. The Morgan fingerprint density at radius 1 is 1.32 bits per heavy atom. The van der Waals surface area contributed by atoms with Crippen molar-refractivity contribution < 1.29 is 4.42 Å².